The summed E-state index contributed by atoms with van der Waals surface area (Å²) in [5.74, 6) is 0. The zero-order valence-corrected chi connectivity index (χ0v) is 6.88. The van der Waals surface area contributed by atoms with Crippen LogP contribution in [0, 0.1) is 0 Å². The molecule has 1 atom stereocenters. The highest BCUT2D eigenvalue weighted by Crippen LogP contribution is 1.98. The molecule has 0 aliphatic rings. The second kappa shape index (κ2) is 5.97. The van der Waals surface area contributed by atoms with Crippen molar-refractivity contribution in [2.45, 2.75) is 32.2 Å². The maximum Gasteiger partial charge on any atom is 0.404 e. The zero-order chi connectivity index (χ0) is 8.69. The van der Waals surface area contributed by atoms with Gasteiger partial charge in [-0.15, -0.1) is 0 Å². The minimum absolute atomic E-state index is 0.226. The van der Waals surface area contributed by atoms with Gasteiger partial charge < -0.3 is 16.2 Å². The van der Waals surface area contributed by atoms with E-state index in [4.69, 9.17) is 11.5 Å². The lowest BCUT2D eigenvalue weighted by atomic mass is 10.1. The van der Waals surface area contributed by atoms with Crippen molar-refractivity contribution < 1.29 is 9.53 Å². The van der Waals surface area contributed by atoms with Gasteiger partial charge in [0.25, 0.3) is 0 Å². The summed E-state index contributed by atoms with van der Waals surface area (Å²) in [7, 11) is 0. The van der Waals surface area contributed by atoms with Gasteiger partial charge in [0.1, 0.15) is 0 Å². The Morgan fingerprint density at radius 3 is 2.64 bits per heavy atom. The Hall–Kier alpha value is -0.770. The van der Waals surface area contributed by atoms with E-state index in [0.717, 1.165) is 19.3 Å². The Balaban J connectivity index is 2.97. The highest BCUT2D eigenvalue weighted by atomic mass is 16.5. The first-order valence-corrected chi connectivity index (χ1v) is 3.80. The minimum atomic E-state index is -0.703. The van der Waals surface area contributed by atoms with Gasteiger partial charge in [-0.1, -0.05) is 0 Å². The number of rotatable bonds is 5. The Labute approximate surface area is 66.9 Å². The lowest BCUT2D eigenvalue weighted by Crippen LogP contribution is -2.16. The van der Waals surface area contributed by atoms with Gasteiger partial charge in [-0.2, -0.15) is 0 Å². The van der Waals surface area contributed by atoms with Crippen LogP contribution in [0.1, 0.15) is 26.2 Å². The number of carbonyl (C=O) groups excluding carboxylic acids is 1. The smallest absolute Gasteiger partial charge is 0.404 e. The van der Waals surface area contributed by atoms with Crippen molar-refractivity contribution in [2.24, 2.45) is 11.5 Å². The number of nitrogens with two attached hydrogens (primary N) is 2. The molecule has 11 heavy (non-hydrogen) atoms. The highest BCUT2D eigenvalue weighted by Gasteiger charge is 1.95. The maximum atomic E-state index is 10.1. The van der Waals surface area contributed by atoms with Crippen LogP contribution in [0.4, 0.5) is 4.79 Å². The van der Waals surface area contributed by atoms with Crippen LogP contribution in [0.25, 0.3) is 0 Å². The average Bonchev–Trinajstić information content (AvgIpc) is 1.85. The Morgan fingerprint density at radius 1 is 1.55 bits per heavy atom. The first-order chi connectivity index (χ1) is 5.13. The summed E-state index contributed by atoms with van der Waals surface area (Å²) in [6.45, 7) is 2.36. The summed E-state index contributed by atoms with van der Waals surface area (Å²) in [5.41, 5.74) is 10.3. The maximum absolute atomic E-state index is 10.1. The van der Waals surface area contributed by atoms with Crippen LogP contribution < -0.4 is 11.5 Å². The predicted molar refractivity (Wildman–Crippen MR) is 43.0 cm³/mol. The Kier molecular flexibility index (Phi) is 5.56. The quantitative estimate of drug-likeness (QED) is 0.578. The molecule has 0 fully saturated rings. The number of primary amides is 1. The lowest BCUT2D eigenvalue weighted by Gasteiger charge is -2.03. The molecule has 66 valence electrons. The van der Waals surface area contributed by atoms with Crippen molar-refractivity contribution in [3.05, 3.63) is 0 Å². The molecule has 0 saturated heterocycles. The number of carbonyl (C=O) groups is 1. The van der Waals surface area contributed by atoms with E-state index in [1.54, 1.807) is 0 Å². The molecular weight excluding hydrogens is 144 g/mol. The number of ether oxygens (including phenoxy) is 1. The van der Waals surface area contributed by atoms with Crippen molar-refractivity contribution in [1.82, 2.24) is 0 Å². The monoisotopic (exact) mass is 160 g/mol. The normalized spacial score (nSPS) is 12.5. The van der Waals surface area contributed by atoms with E-state index in [1.807, 2.05) is 6.92 Å². The van der Waals surface area contributed by atoms with Gasteiger partial charge in [0.2, 0.25) is 0 Å². The molecule has 4 nitrogen and oxygen atoms in total. The molecule has 0 bridgehead atoms. The van der Waals surface area contributed by atoms with Gasteiger partial charge in [0.15, 0.2) is 0 Å². The molecule has 0 aromatic rings. The van der Waals surface area contributed by atoms with Crippen LogP contribution in [-0.2, 0) is 4.74 Å². The van der Waals surface area contributed by atoms with Crippen LogP contribution in [-0.4, -0.2) is 18.7 Å². The molecule has 0 radical (unpaired) electrons. The van der Waals surface area contributed by atoms with Crippen LogP contribution in [0.3, 0.4) is 0 Å². The molecule has 0 saturated carbocycles. The van der Waals surface area contributed by atoms with Crippen LogP contribution in [0.5, 0.6) is 0 Å². The fourth-order valence-corrected chi connectivity index (χ4v) is 0.741. The van der Waals surface area contributed by atoms with Crippen molar-refractivity contribution >= 4 is 6.09 Å². The second-order valence-electron chi connectivity index (χ2n) is 2.64. The Morgan fingerprint density at radius 2 is 2.18 bits per heavy atom. The van der Waals surface area contributed by atoms with E-state index >= 15 is 0 Å². The molecule has 0 aromatic heterocycles. The molecule has 0 aliphatic carbocycles. The molecule has 0 unspecified atom stereocenters. The van der Waals surface area contributed by atoms with E-state index in [9.17, 15) is 4.79 Å². The molecule has 0 spiro atoms. The van der Waals surface area contributed by atoms with E-state index in [0.29, 0.717) is 6.61 Å². The van der Waals surface area contributed by atoms with E-state index in [-0.39, 0.29) is 6.04 Å². The molecule has 0 rings (SSSR count). The summed E-state index contributed by atoms with van der Waals surface area (Å²) < 4.78 is 4.52. The molecule has 0 aliphatic heterocycles. The van der Waals surface area contributed by atoms with Gasteiger partial charge in [-0.3, -0.25) is 0 Å². The first kappa shape index (κ1) is 10.2. The number of hydrogen-bond acceptors (Lipinski definition) is 3. The first-order valence-electron chi connectivity index (χ1n) is 3.80. The van der Waals surface area contributed by atoms with E-state index < -0.39 is 6.09 Å². The molecule has 1 amide bonds. The third-order valence-electron chi connectivity index (χ3n) is 1.30. The lowest BCUT2D eigenvalue weighted by molar-refractivity contribution is 0.154. The summed E-state index contributed by atoms with van der Waals surface area (Å²) in [5, 5.41) is 0. The van der Waals surface area contributed by atoms with Gasteiger partial charge >= 0.3 is 6.09 Å². The summed E-state index contributed by atoms with van der Waals surface area (Å²) in [4.78, 5) is 10.1. The standard InChI is InChI=1S/C7H16N2O2/c1-6(8)4-2-3-5-11-7(9)10/h6H,2-5,8H2,1H3,(H2,9,10)/t6-/m0/s1. The average molecular weight is 160 g/mol. The number of amides is 1. The largest absolute Gasteiger partial charge is 0.450 e. The van der Waals surface area contributed by atoms with Gasteiger partial charge in [0.05, 0.1) is 6.61 Å². The van der Waals surface area contributed by atoms with Crippen LogP contribution in [0.2, 0.25) is 0 Å². The summed E-state index contributed by atoms with van der Waals surface area (Å²) in [6, 6.07) is 0.226. The molecule has 0 aromatic carbocycles. The van der Waals surface area contributed by atoms with Gasteiger partial charge in [0, 0.05) is 6.04 Å². The Bertz CT molecular complexity index is 115. The molecule has 4 N–H and O–H groups in total. The van der Waals surface area contributed by atoms with Crippen molar-refractivity contribution in [2.75, 3.05) is 6.61 Å². The van der Waals surface area contributed by atoms with Crippen LogP contribution in [0.15, 0.2) is 0 Å². The third kappa shape index (κ3) is 9.23. The van der Waals surface area contributed by atoms with Crippen LogP contribution >= 0.6 is 0 Å². The topological polar surface area (TPSA) is 78.3 Å². The minimum Gasteiger partial charge on any atom is -0.450 e. The summed E-state index contributed by atoms with van der Waals surface area (Å²) >= 11 is 0. The van der Waals surface area contributed by atoms with Crippen molar-refractivity contribution in [3.63, 3.8) is 0 Å². The number of unbranched alkanes of at least 4 members (excludes halogenated alkanes) is 1. The van der Waals surface area contributed by atoms with E-state index in [2.05, 4.69) is 4.74 Å². The predicted octanol–water partition coefficient (Wildman–Crippen LogP) is 0.599. The highest BCUT2D eigenvalue weighted by molar-refractivity contribution is 5.64. The fraction of sp³-hybridized carbons (Fsp3) is 0.857. The SMILES string of the molecule is C[C@H](N)CCCCOC(N)=O. The summed E-state index contributed by atoms with van der Waals surface area (Å²) in [6.07, 6.45) is 2.07. The fourth-order valence-electron chi connectivity index (χ4n) is 0.741. The zero-order valence-electron chi connectivity index (χ0n) is 6.88. The van der Waals surface area contributed by atoms with Gasteiger partial charge in [-0.05, 0) is 26.2 Å². The third-order valence-corrected chi connectivity index (χ3v) is 1.30. The second-order valence-corrected chi connectivity index (χ2v) is 2.64. The molecule has 4 heteroatoms. The van der Waals surface area contributed by atoms with Gasteiger partial charge in [-0.25, -0.2) is 4.79 Å². The van der Waals surface area contributed by atoms with Crippen molar-refractivity contribution in [3.8, 4) is 0 Å². The molecular formula is C7H16N2O2. The van der Waals surface area contributed by atoms with Crippen molar-refractivity contribution in [1.29, 1.82) is 0 Å². The van der Waals surface area contributed by atoms with E-state index in [1.165, 1.54) is 0 Å². The molecule has 0 heterocycles. The number of hydrogen-bond donors (Lipinski definition) is 2.